The van der Waals surface area contributed by atoms with E-state index in [1.54, 1.807) is 36.0 Å². The summed E-state index contributed by atoms with van der Waals surface area (Å²) in [7, 11) is 0. The number of benzene rings is 2. The Labute approximate surface area is 136 Å². The molecule has 0 aromatic heterocycles. The monoisotopic (exact) mass is 372 g/mol. The van der Waals surface area contributed by atoms with Crippen LogP contribution in [0.2, 0.25) is 5.02 Å². The molecule has 1 atom stereocenters. The molecule has 2 nitrogen and oxygen atoms in total. The molecule has 0 heterocycles. The van der Waals surface area contributed by atoms with Gasteiger partial charge in [0.2, 0.25) is 0 Å². The van der Waals surface area contributed by atoms with Crippen LogP contribution in [0, 0.1) is 0 Å². The van der Waals surface area contributed by atoms with Crippen LogP contribution in [0.25, 0.3) is 0 Å². The number of hydrogen-bond donors (Lipinski definition) is 1. The van der Waals surface area contributed by atoms with Gasteiger partial charge >= 0.3 is 0 Å². The molecule has 0 saturated carbocycles. The first kappa shape index (κ1) is 15.7. The van der Waals surface area contributed by atoms with Gasteiger partial charge in [0.05, 0.1) is 6.10 Å². The topological polar surface area (TPSA) is 29.5 Å². The lowest BCUT2D eigenvalue weighted by Gasteiger charge is -2.12. The Morgan fingerprint density at radius 1 is 1.10 bits per heavy atom. The summed E-state index contributed by atoms with van der Waals surface area (Å²) in [5, 5.41) is 10.6. The zero-order chi connectivity index (χ0) is 14.4. The van der Waals surface area contributed by atoms with Crippen LogP contribution in [0.1, 0.15) is 0 Å². The molecule has 0 saturated heterocycles. The fourth-order valence-corrected chi connectivity index (χ4v) is 2.69. The van der Waals surface area contributed by atoms with Crippen LogP contribution >= 0.6 is 39.3 Å². The minimum Gasteiger partial charge on any atom is -0.491 e. The van der Waals surface area contributed by atoms with E-state index in [-0.39, 0.29) is 6.61 Å². The summed E-state index contributed by atoms with van der Waals surface area (Å²) in [5.41, 5.74) is 0. The number of rotatable bonds is 6. The molecular weight excluding hydrogens is 360 g/mol. The molecule has 0 aliphatic rings. The zero-order valence-corrected chi connectivity index (χ0v) is 13.8. The summed E-state index contributed by atoms with van der Waals surface area (Å²) in [6.45, 7) is 0.269. The van der Waals surface area contributed by atoms with E-state index in [0.717, 1.165) is 9.37 Å². The molecule has 0 aliphatic heterocycles. The molecule has 0 fully saturated rings. The fourth-order valence-electron chi connectivity index (χ4n) is 1.49. The van der Waals surface area contributed by atoms with Gasteiger partial charge in [-0.3, -0.25) is 0 Å². The third-order valence-electron chi connectivity index (χ3n) is 2.51. The van der Waals surface area contributed by atoms with E-state index in [1.807, 2.05) is 24.3 Å². The molecule has 0 unspecified atom stereocenters. The van der Waals surface area contributed by atoms with Crippen molar-refractivity contribution in [2.24, 2.45) is 0 Å². The highest BCUT2D eigenvalue weighted by molar-refractivity contribution is 9.10. The predicted octanol–water partition coefficient (Wildman–Crippen LogP) is 4.63. The number of hydrogen-bond acceptors (Lipinski definition) is 3. The lowest BCUT2D eigenvalue weighted by atomic mass is 10.3. The number of ether oxygens (including phenoxy) is 1. The van der Waals surface area contributed by atoms with Crippen molar-refractivity contribution < 1.29 is 9.84 Å². The van der Waals surface area contributed by atoms with Crippen molar-refractivity contribution >= 4 is 39.3 Å². The molecule has 106 valence electrons. The van der Waals surface area contributed by atoms with E-state index < -0.39 is 6.10 Å². The molecule has 0 radical (unpaired) electrons. The van der Waals surface area contributed by atoms with Crippen LogP contribution in [-0.4, -0.2) is 23.6 Å². The number of halogens is 2. The highest BCUT2D eigenvalue weighted by atomic mass is 79.9. The van der Waals surface area contributed by atoms with Crippen molar-refractivity contribution in [1.82, 2.24) is 0 Å². The van der Waals surface area contributed by atoms with Gasteiger partial charge in [0.1, 0.15) is 12.4 Å². The number of aliphatic hydroxyl groups excluding tert-OH is 1. The minimum absolute atomic E-state index is 0.269. The SMILES string of the molecule is O[C@H](COc1ccc(Cl)cc1)CSc1ccc(Br)cc1. The average Bonchev–Trinajstić information content (AvgIpc) is 2.46. The van der Waals surface area contributed by atoms with Gasteiger partial charge in [-0.05, 0) is 48.5 Å². The van der Waals surface area contributed by atoms with Gasteiger partial charge in [0, 0.05) is 20.1 Å². The molecule has 0 spiro atoms. The fraction of sp³-hybridized carbons (Fsp3) is 0.200. The van der Waals surface area contributed by atoms with Crippen molar-refractivity contribution in [3.63, 3.8) is 0 Å². The number of thioether (sulfide) groups is 1. The van der Waals surface area contributed by atoms with Gasteiger partial charge in [-0.15, -0.1) is 11.8 Å². The van der Waals surface area contributed by atoms with Crippen molar-refractivity contribution in [3.8, 4) is 5.75 Å². The van der Waals surface area contributed by atoms with Gasteiger partial charge in [0.25, 0.3) is 0 Å². The molecule has 2 aromatic carbocycles. The molecule has 0 bridgehead atoms. The molecule has 1 N–H and O–H groups in total. The first-order valence-electron chi connectivity index (χ1n) is 6.08. The van der Waals surface area contributed by atoms with Gasteiger partial charge in [0.15, 0.2) is 0 Å². The molecule has 5 heteroatoms. The zero-order valence-electron chi connectivity index (χ0n) is 10.6. The predicted molar refractivity (Wildman–Crippen MR) is 87.8 cm³/mol. The van der Waals surface area contributed by atoms with E-state index in [9.17, 15) is 5.11 Å². The summed E-state index contributed by atoms with van der Waals surface area (Å²) >= 11 is 10.8. The Bertz CT molecular complexity index is 481. The van der Waals surface area contributed by atoms with Crippen LogP contribution in [0.4, 0.5) is 0 Å². The van der Waals surface area contributed by atoms with Gasteiger partial charge in [-0.25, -0.2) is 0 Å². The standard InChI is InChI=1S/C15H14BrClO2S/c16-11-1-7-15(8-2-11)20-10-13(18)9-19-14-5-3-12(17)4-6-14/h1-8,13,18H,9-10H2/t13-/m1/s1. The van der Waals surface area contributed by atoms with Crippen molar-refractivity contribution in [1.29, 1.82) is 0 Å². The Morgan fingerprint density at radius 3 is 2.40 bits per heavy atom. The Morgan fingerprint density at radius 2 is 1.75 bits per heavy atom. The third-order valence-corrected chi connectivity index (χ3v) is 4.45. The average molecular weight is 374 g/mol. The quantitative estimate of drug-likeness (QED) is 0.748. The summed E-state index contributed by atoms with van der Waals surface area (Å²) in [6, 6.07) is 15.1. The molecule has 0 aliphatic carbocycles. The van der Waals surface area contributed by atoms with E-state index in [0.29, 0.717) is 16.5 Å². The Kier molecular flexibility index (Phi) is 6.23. The molecule has 2 aromatic rings. The highest BCUT2D eigenvalue weighted by Gasteiger charge is 2.06. The van der Waals surface area contributed by atoms with Crippen LogP contribution in [0.15, 0.2) is 57.9 Å². The van der Waals surface area contributed by atoms with Gasteiger partial charge < -0.3 is 9.84 Å². The van der Waals surface area contributed by atoms with E-state index in [4.69, 9.17) is 16.3 Å². The lowest BCUT2D eigenvalue weighted by molar-refractivity contribution is 0.126. The van der Waals surface area contributed by atoms with E-state index in [2.05, 4.69) is 15.9 Å². The van der Waals surface area contributed by atoms with Crippen LogP contribution in [-0.2, 0) is 0 Å². The summed E-state index contributed by atoms with van der Waals surface area (Å²) < 4.78 is 6.55. The summed E-state index contributed by atoms with van der Waals surface area (Å²) in [4.78, 5) is 1.12. The van der Waals surface area contributed by atoms with Crippen LogP contribution in [0.3, 0.4) is 0 Å². The first-order chi connectivity index (χ1) is 9.63. The normalized spacial score (nSPS) is 12.2. The van der Waals surface area contributed by atoms with Crippen LogP contribution in [0.5, 0.6) is 5.75 Å². The highest BCUT2D eigenvalue weighted by Crippen LogP contribution is 2.22. The minimum atomic E-state index is -0.515. The molecule has 0 amide bonds. The summed E-state index contributed by atoms with van der Waals surface area (Å²) in [5.74, 6) is 1.30. The van der Waals surface area contributed by atoms with Crippen molar-refractivity contribution in [3.05, 3.63) is 58.0 Å². The van der Waals surface area contributed by atoms with E-state index in [1.165, 1.54) is 0 Å². The van der Waals surface area contributed by atoms with Gasteiger partial charge in [-0.2, -0.15) is 0 Å². The third kappa shape index (κ3) is 5.37. The van der Waals surface area contributed by atoms with Crippen molar-refractivity contribution in [2.45, 2.75) is 11.0 Å². The Balaban J connectivity index is 1.73. The lowest BCUT2D eigenvalue weighted by Crippen LogP contribution is -2.19. The number of aliphatic hydroxyl groups is 1. The molecule has 2 rings (SSSR count). The second-order valence-corrected chi connectivity index (χ2v) is 6.63. The van der Waals surface area contributed by atoms with Crippen molar-refractivity contribution in [2.75, 3.05) is 12.4 Å². The second kappa shape index (κ2) is 7.93. The Hall–Kier alpha value is -0.680. The maximum atomic E-state index is 9.90. The van der Waals surface area contributed by atoms with E-state index >= 15 is 0 Å². The van der Waals surface area contributed by atoms with Gasteiger partial charge in [-0.1, -0.05) is 27.5 Å². The summed E-state index contributed by atoms with van der Waals surface area (Å²) in [6.07, 6.45) is -0.515. The first-order valence-corrected chi connectivity index (χ1v) is 8.24. The molecule has 20 heavy (non-hydrogen) atoms. The second-order valence-electron chi connectivity index (χ2n) is 4.18. The maximum absolute atomic E-state index is 9.90. The largest absolute Gasteiger partial charge is 0.491 e. The molecular formula is C15H14BrClO2S. The maximum Gasteiger partial charge on any atom is 0.119 e. The van der Waals surface area contributed by atoms with Crippen LogP contribution < -0.4 is 4.74 Å². The smallest absolute Gasteiger partial charge is 0.119 e.